The Bertz CT molecular complexity index is 136. The van der Waals surface area contributed by atoms with Crippen molar-refractivity contribution < 1.29 is 15.0 Å². The molecule has 0 aliphatic rings. The zero-order valence-corrected chi connectivity index (χ0v) is 7.36. The lowest BCUT2D eigenvalue weighted by atomic mass is 9.98. The molecule has 4 heteroatoms. The fourth-order valence-corrected chi connectivity index (χ4v) is 1.03. The van der Waals surface area contributed by atoms with E-state index >= 15 is 0 Å². The van der Waals surface area contributed by atoms with Crippen molar-refractivity contribution in [2.24, 2.45) is 11.7 Å². The summed E-state index contributed by atoms with van der Waals surface area (Å²) in [5.74, 6) is -1.22. The minimum Gasteiger partial charge on any atom is -0.481 e. The summed E-state index contributed by atoms with van der Waals surface area (Å²) in [5.41, 5.74) is 5.25. The molecule has 4 N–H and O–H groups in total. The van der Waals surface area contributed by atoms with Crippen molar-refractivity contribution in [1.29, 1.82) is 0 Å². The molecule has 0 amide bonds. The van der Waals surface area contributed by atoms with Gasteiger partial charge in [-0.25, -0.2) is 0 Å². The summed E-state index contributed by atoms with van der Waals surface area (Å²) in [5, 5.41) is 17.6. The second kappa shape index (κ2) is 5.97. The van der Waals surface area contributed by atoms with Crippen molar-refractivity contribution in [1.82, 2.24) is 0 Å². The number of carbonyl (C=O) groups is 1. The molecule has 2 atom stereocenters. The van der Waals surface area contributed by atoms with Gasteiger partial charge in [-0.2, -0.15) is 0 Å². The number of hydrogen-bond donors (Lipinski definition) is 3. The molecule has 0 rings (SSSR count). The van der Waals surface area contributed by atoms with Gasteiger partial charge in [-0.05, 0) is 32.7 Å². The largest absolute Gasteiger partial charge is 0.481 e. The molecule has 0 aliphatic heterocycles. The van der Waals surface area contributed by atoms with Crippen molar-refractivity contribution in [3.05, 3.63) is 0 Å². The molecule has 72 valence electrons. The number of aliphatic carboxylic acids is 1. The van der Waals surface area contributed by atoms with Gasteiger partial charge in [0.15, 0.2) is 0 Å². The van der Waals surface area contributed by atoms with Crippen LogP contribution in [0.1, 0.15) is 26.2 Å². The van der Waals surface area contributed by atoms with Crippen LogP contribution in [0.3, 0.4) is 0 Å². The predicted octanol–water partition coefficient (Wildman–Crippen LogP) is 0.197. The Balaban J connectivity index is 3.71. The summed E-state index contributed by atoms with van der Waals surface area (Å²) in [7, 11) is 0. The average molecular weight is 175 g/mol. The summed E-state index contributed by atoms with van der Waals surface area (Å²) in [6.07, 6.45) is 1.09. The van der Waals surface area contributed by atoms with E-state index in [0.29, 0.717) is 25.8 Å². The summed E-state index contributed by atoms with van der Waals surface area (Å²) in [4.78, 5) is 10.6. The summed E-state index contributed by atoms with van der Waals surface area (Å²) in [6.45, 7) is 2.04. The van der Waals surface area contributed by atoms with Gasteiger partial charge in [-0.15, -0.1) is 0 Å². The second-order valence-corrected chi connectivity index (χ2v) is 3.04. The molecule has 0 fully saturated rings. The Hall–Kier alpha value is -0.610. The lowest BCUT2D eigenvalue weighted by molar-refractivity contribution is -0.142. The number of aliphatic hydroxyl groups is 1. The lowest BCUT2D eigenvalue weighted by Gasteiger charge is -2.11. The van der Waals surface area contributed by atoms with Crippen LogP contribution in [0.4, 0.5) is 0 Å². The van der Waals surface area contributed by atoms with Gasteiger partial charge in [0.1, 0.15) is 0 Å². The highest BCUT2D eigenvalue weighted by atomic mass is 16.4. The highest BCUT2D eigenvalue weighted by molar-refractivity contribution is 5.69. The Kier molecular flexibility index (Phi) is 5.66. The molecule has 0 aromatic rings. The van der Waals surface area contributed by atoms with Crippen molar-refractivity contribution in [3.63, 3.8) is 0 Å². The Morgan fingerprint density at radius 1 is 1.42 bits per heavy atom. The molecule has 0 saturated carbocycles. The molecule has 2 unspecified atom stereocenters. The molecular weight excluding hydrogens is 158 g/mol. The van der Waals surface area contributed by atoms with Crippen molar-refractivity contribution >= 4 is 5.97 Å². The monoisotopic (exact) mass is 175 g/mol. The van der Waals surface area contributed by atoms with E-state index < -0.39 is 18.0 Å². The molecule has 0 aromatic heterocycles. The molecule has 0 spiro atoms. The zero-order valence-electron chi connectivity index (χ0n) is 7.36. The van der Waals surface area contributed by atoms with Gasteiger partial charge in [0, 0.05) is 0 Å². The summed E-state index contributed by atoms with van der Waals surface area (Å²) < 4.78 is 0. The smallest absolute Gasteiger partial charge is 0.306 e. The third-order valence-electron chi connectivity index (χ3n) is 1.80. The van der Waals surface area contributed by atoms with Crippen LogP contribution in [0.2, 0.25) is 0 Å². The highest BCUT2D eigenvalue weighted by Crippen LogP contribution is 2.12. The first-order chi connectivity index (χ1) is 5.57. The van der Waals surface area contributed by atoms with Gasteiger partial charge in [-0.3, -0.25) is 4.79 Å². The van der Waals surface area contributed by atoms with Gasteiger partial charge in [0.05, 0.1) is 12.0 Å². The predicted molar refractivity (Wildman–Crippen MR) is 45.7 cm³/mol. The number of carboxylic acid groups (broad SMARTS) is 1. The van der Waals surface area contributed by atoms with Crippen LogP contribution in [0.15, 0.2) is 0 Å². The van der Waals surface area contributed by atoms with Gasteiger partial charge in [0.25, 0.3) is 0 Å². The first-order valence-electron chi connectivity index (χ1n) is 4.18. The minimum atomic E-state index is -0.818. The van der Waals surface area contributed by atoms with E-state index in [4.69, 9.17) is 15.9 Å². The number of rotatable bonds is 6. The van der Waals surface area contributed by atoms with Gasteiger partial charge in [0.2, 0.25) is 0 Å². The number of carboxylic acids is 1. The Morgan fingerprint density at radius 3 is 2.33 bits per heavy atom. The van der Waals surface area contributed by atoms with E-state index in [9.17, 15) is 4.79 Å². The summed E-state index contributed by atoms with van der Waals surface area (Å²) >= 11 is 0. The maximum atomic E-state index is 10.6. The molecule has 0 aromatic carbocycles. The van der Waals surface area contributed by atoms with E-state index in [1.807, 2.05) is 0 Å². The molecule has 0 saturated heterocycles. The third-order valence-corrected chi connectivity index (χ3v) is 1.80. The normalized spacial score (nSPS) is 15.6. The first-order valence-corrected chi connectivity index (χ1v) is 4.18. The van der Waals surface area contributed by atoms with E-state index in [0.717, 1.165) is 0 Å². The lowest BCUT2D eigenvalue weighted by Crippen LogP contribution is -2.19. The van der Waals surface area contributed by atoms with Gasteiger partial charge in [-0.1, -0.05) is 0 Å². The van der Waals surface area contributed by atoms with Crippen LogP contribution in [0.5, 0.6) is 0 Å². The van der Waals surface area contributed by atoms with E-state index in [-0.39, 0.29) is 0 Å². The summed E-state index contributed by atoms with van der Waals surface area (Å²) in [6, 6.07) is 0. The highest BCUT2D eigenvalue weighted by Gasteiger charge is 2.16. The van der Waals surface area contributed by atoms with E-state index in [1.165, 1.54) is 0 Å². The van der Waals surface area contributed by atoms with Crippen LogP contribution < -0.4 is 5.73 Å². The standard InChI is InChI=1S/C8H17NO3/c1-6(10)2-3-7(4-5-9)8(11)12/h6-7,10H,2-5,9H2,1H3,(H,11,12). The van der Waals surface area contributed by atoms with Crippen molar-refractivity contribution in [2.75, 3.05) is 6.54 Å². The SMILES string of the molecule is CC(O)CCC(CCN)C(=O)O. The number of hydrogen-bond acceptors (Lipinski definition) is 3. The first kappa shape index (κ1) is 11.4. The molecule has 4 nitrogen and oxygen atoms in total. The zero-order chi connectivity index (χ0) is 9.56. The van der Waals surface area contributed by atoms with E-state index in [1.54, 1.807) is 6.92 Å². The third kappa shape index (κ3) is 5.09. The molecular formula is C8H17NO3. The van der Waals surface area contributed by atoms with Crippen LogP contribution in [-0.4, -0.2) is 28.8 Å². The molecule has 12 heavy (non-hydrogen) atoms. The molecule has 0 radical (unpaired) electrons. The van der Waals surface area contributed by atoms with Crippen LogP contribution >= 0.6 is 0 Å². The fraction of sp³-hybridized carbons (Fsp3) is 0.875. The Morgan fingerprint density at radius 2 is 2.00 bits per heavy atom. The topological polar surface area (TPSA) is 83.5 Å². The van der Waals surface area contributed by atoms with Crippen LogP contribution in [-0.2, 0) is 4.79 Å². The second-order valence-electron chi connectivity index (χ2n) is 3.04. The number of aliphatic hydroxyl groups excluding tert-OH is 1. The molecule has 0 bridgehead atoms. The van der Waals surface area contributed by atoms with Crippen LogP contribution in [0, 0.1) is 5.92 Å². The Labute approximate surface area is 72.4 Å². The maximum Gasteiger partial charge on any atom is 0.306 e. The van der Waals surface area contributed by atoms with Crippen molar-refractivity contribution in [2.45, 2.75) is 32.3 Å². The van der Waals surface area contributed by atoms with Gasteiger partial charge >= 0.3 is 5.97 Å². The maximum absolute atomic E-state index is 10.6. The average Bonchev–Trinajstić information content (AvgIpc) is 1.96. The van der Waals surface area contributed by atoms with Crippen LogP contribution in [0.25, 0.3) is 0 Å². The fourth-order valence-electron chi connectivity index (χ4n) is 1.03. The number of nitrogens with two attached hydrogens (primary N) is 1. The van der Waals surface area contributed by atoms with E-state index in [2.05, 4.69) is 0 Å². The van der Waals surface area contributed by atoms with Gasteiger partial charge < -0.3 is 15.9 Å². The molecule has 0 aliphatic carbocycles. The molecule has 0 heterocycles. The van der Waals surface area contributed by atoms with Crippen molar-refractivity contribution in [3.8, 4) is 0 Å². The quantitative estimate of drug-likeness (QED) is 0.538. The minimum absolute atomic E-state index is 0.386.